The molecule has 31 heavy (non-hydrogen) atoms. The van der Waals surface area contributed by atoms with Crippen molar-refractivity contribution in [2.75, 3.05) is 7.11 Å². The summed E-state index contributed by atoms with van der Waals surface area (Å²) in [7, 11) is 1.62. The van der Waals surface area contributed by atoms with Crippen LogP contribution in [0.1, 0.15) is 21.6 Å². The van der Waals surface area contributed by atoms with E-state index in [1.807, 2.05) is 60.7 Å². The van der Waals surface area contributed by atoms with E-state index in [1.165, 1.54) is 0 Å². The minimum atomic E-state index is -0.163. The molecule has 0 fully saturated rings. The second-order valence-corrected chi connectivity index (χ2v) is 7.44. The third kappa shape index (κ3) is 4.95. The Morgan fingerprint density at radius 1 is 0.968 bits per heavy atom. The second kappa shape index (κ2) is 9.49. The molecule has 1 aromatic heterocycles. The van der Waals surface area contributed by atoms with Gasteiger partial charge < -0.3 is 14.2 Å². The summed E-state index contributed by atoms with van der Waals surface area (Å²) < 4.78 is 10.7. The second-order valence-electron chi connectivity index (χ2n) is 7.04. The van der Waals surface area contributed by atoms with Crippen LogP contribution < -0.4 is 4.74 Å². The molecule has 3 aromatic carbocycles. The predicted molar refractivity (Wildman–Crippen MR) is 120 cm³/mol. The summed E-state index contributed by atoms with van der Waals surface area (Å²) in [5.41, 5.74) is 3.01. The standard InChI is InChI=1S/C25H21ClN2O3/c1-30-21-13-11-19(12-14-21)24-15-20(27-31-24)17-28(16-18-7-3-2-4-8-18)25(29)22-9-5-6-10-23(22)26/h2-15H,16-17H2,1H3. The van der Waals surface area contributed by atoms with E-state index in [9.17, 15) is 4.79 Å². The molecule has 0 aliphatic carbocycles. The summed E-state index contributed by atoms with van der Waals surface area (Å²) in [4.78, 5) is 15.0. The molecule has 4 aromatic rings. The summed E-state index contributed by atoms with van der Waals surface area (Å²) in [5, 5.41) is 4.60. The number of rotatable bonds is 7. The van der Waals surface area contributed by atoms with E-state index < -0.39 is 0 Å². The minimum Gasteiger partial charge on any atom is -0.497 e. The number of nitrogens with zero attached hydrogens (tertiary/aromatic N) is 2. The fourth-order valence-electron chi connectivity index (χ4n) is 3.28. The molecule has 156 valence electrons. The van der Waals surface area contributed by atoms with E-state index in [1.54, 1.807) is 36.3 Å². The van der Waals surface area contributed by atoms with Crippen LogP contribution in [-0.2, 0) is 13.1 Å². The smallest absolute Gasteiger partial charge is 0.256 e. The number of carbonyl (C=O) groups excluding carboxylic acids is 1. The largest absolute Gasteiger partial charge is 0.497 e. The van der Waals surface area contributed by atoms with Crippen molar-refractivity contribution in [2.45, 2.75) is 13.1 Å². The van der Waals surface area contributed by atoms with Crippen molar-refractivity contribution in [3.8, 4) is 17.1 Å². The lowest BCUT2D eigenvalue weighted by atomic mass is 10.1. The maximum Gasteiger partial charge on any atom is 0.256 e. The molecule has 0 aliphatic rings. The Balaban J connectivity index is 1.59. The summed E-state index contributed by atoms with van der Waals surface area (Å²) >= 11 is 6.29. The first-order chi connectivity index (χ1) is 15.1. The third-order valence-corrected chi connectivity index (χ3v) is 5.22. The minimum absolute atomic E-state index is 0.163. The Morgan fingerprint density at radius 2 is 1.68 bits per heavy atom. The first kappa shape index (κ1) is 20.7. The molecule has 0 saturated carbocycles. The third-order valence-electron chi connectivity index (χ3n) is 4.89. The molecule has 0 N–H and O–H groups in total. The molecule has 0 unspecified atom stereocenters. The zero-order valence-corrected chi connectivity index (χ0v) is 17.8. The van der Waals surface area contributed by atoms with Crippen molar-refractivity contribution in [2.24, 2.45) is 0 Å². The lowest BCUT2D eigenvalue weighted by molar-refractivity contribution is 0.0726. The highest BCUT2D eigenvalue weighted by atomic mass is 35.5. The fraction of sp³-hybridized carbons (Fsp3) is 0.120. The van der Waals surface area contributed by atoms with Crippen LogP contribution in [-0.4, -0.2) is 23.1 Å². The van der Waals surface area contributed by atoms with E-state index in [-0.39, 0.29) is 5.91 Å². The van der Waals surface area contributed by atoms with Crippen LogP contribution in [0.4, 0.5) is 0 Å². The average molecular weight is 433 g/mol. The van der Waals surface area contributed by atoms with Crippen LogP contribution in [0.15, 0.2) is 89.5 Å². The normalized spacial score (nSPS) is 10.6. The fourth-order valence-corrected chi connectivity index (χ4v) is 3.50. The van der Waals surface area contributed by atoms with Crippen LogP contribution in [0.2, 0.25) is 5.02 Å². The van der Waals surface area contributed by atoms with Gasteiger partial charge in [-0.05, 0) is 42.0 Å². The molecule has 1 heterocycles. The number of hydrogen-bond donors (Lipinski definition) is 0. The van der Waals surface area contributed by atoms with Gasteiger partial charge in [0, 0.05) is 18.2 Å². The van der Waals surface area contributed by atoms with Crippen molar-refractivity contribution in [1.82, 2.24) is 10.1 Å². The van der Waals surface area contributed by atoms with Crippen LogP contribution in [0.3, 0.4) is 0 Å². The van der Waals surface area contributed by atoms with Crippen molar-refractivity contribution in [3.63, 3.8) is 0 Å². The summed E-state index contributed by atoms with van der Waals surface area (Å²) in [6.45, 7) is 0.716. The van der Waals surface area contributed by atoms with Gasteiger partial charge in [-0.15, -0.1) is 0 Å². The molecule has 4 rings (SSSR count). The van der Waals surface area contributed by atoms with Gasteiger partial charge in [0.25, 0.3) is 5.91 Å². The van der Waals surface area contributed by atoms with Crippen LogP contribution in [0.5, 0.6) is 5.75 Å². The van der Waals surface area contributed by atoms with Gasteiger partial charge >= 0.3 is 0 Å². The summed E-state index contributed by atoms with van der Waals surface area (Å²) in [6, 6.07) is 26.2. The molecule has 0 aliphatic heterocycles. The molecule has 0 saturated heterocycles. The van der Waals surface area contributed by atoms with Gasteiger partial charge in [0.15, 0.2) is 5.76 Å². The maximum absolute atomic E-state index is 13.3. The Bertz CT molecular complexity index is 1160. The van der Waals surface area contributed by atoms with E-state index in [4.69, 9.17) is 20.9 Å². The highest BCUT2D eigenvalue weighted by molar-refractivity contribution is 6.33. The van der Waals surface area contributed by atoms with Gasteiger partial charge in [0.05, 0.1) is 24.2 Å². The molecule has 1 amide bonds. The number of hydrogen-bond acceptors (Lipinski definition) is 4. The average Bonchev–Trinajstić information content (AvgIpc) is 3.28. The number of aromatic nitrogens is 1. The van der Waals surface area contributed by atoms with E-state index in [0.29, 0.717) is 35.1 Å². The lowest BCUT2D eigenvalue weighted by Gasteiger charge is -2.22. The van der Waals surface area contributed by atoms with Gasteiger partial charge in [-0.25, -0.2) is 0 Å². The van der Waals surface area contributed by atoms with Crippen LogP contribution in [0.25, 0.3) is 11.3 Å². The Labute approximate surface area is 185 Å². The van der Waals surface area contributed by atoms with Gasteiger partial charge in [-0.2, -0.15) is 0 Å². The molecule has 0 radical (unpaired) electrons. The Hall–Kier alpha value is -3.57. The Morgan fingerprint density at radius 3 is 2.39 bits per heavy atom. The molecule has 5 nitrogen and oxygen atoms in total. The van der Waals surface area contributed by atoms with Gasteiger partial charge in [0.2, 0.25) is 0 Å². The molecule has 0 bridgehead atoms. The zero-order valence-electron chi connectivity index (χ0n) is 17.0. The molecule has 0 atom stereocenters. The molecule has 6 heteroatoms. The Kier molecular flexibility index (Phi) is 6.34. The predicted octanol–water partition coefficient (Wildman–Crippen LogP) is 5.85. The zero-order chi connectivity index (χ0) is 21.6. The van der Waals surface area contributed by atoms with Crippen molar-refractivity contribution < 1.29 is 14.1 Å². The molecular weight excluding hydrogens is 412 g/mol. The number of halogens is 1. The van der Waals surface area contributed by atoms with Crippen LogP contribution >= 0.6 is 11.6 Å². The molecular formula is C25H21ClN2O3. The maximum atomic E-state index is 13.3. The highest BCUT2D eigenvalue weighted by Gasteiger charge is 2.21. The molecule has 0 spiro atoms. The number of methoxy groups -OCH3 is 1. The SMILES string of the molecule is COc1ccc(-c2cc(CN(Cc3ccccc3)C(=O)c3ccccc3Cl)no2)cc1. The first-order valence-corrected chi connectivity index (χ1v) is 10.2. The summed E-state index contributed by atoms with van der Waals surface area (Å²) in [6.07, 6.45) is 0. The van der Waals surface area contributed by atoms with Crippen molar-refractivity contribution in [1.29, 1.82) is 0 Å². The monoisotopic (exact) mass is 432 g/mol. The van der Waals surface area contributed by atoms with Crippen molar-refractivity contribution in [3.05, 3.63) is 107 Å². The van der Waals surface area contributed by atoms with Gasteiger partial charge in [0.1, 0.15) is 11.4 Å². The number of carbonyl (C=O) groups is 1. The topological polar surface area (TPSA) is 55.6 Å². The van der Waals surface area contributed by atoms with Crippen molar-refractivity contribution >= 4 is 17.5 Å². The quantitative estimate of drug-likeness (QED) is 0.367. The van der Waals surface area contributed by atoms with Gasteiger partial charge in [-0.1, -0.05) is 59.2 Å². The first-order valence-electron chi connectivity index (χ1n) is 9.82. The number of benzene rings is 3. The van der Waals surface area contributed by atoms with E-state index in [0.717, 1.165) is 16.9 Å². The lowest BCUT2D eigenvalue weighted by Crippen LogP contribution is -2.30. The number of ether oxygens (including phenoxy) is 1. The summed E-state index contributed by atoms with van der Waals surface area (Å²) in [5.74, 6) is 1.23. The number of amides is 1. The van der Waals surface area contributed by atoms with E-state index in [2.05, 4.69) is 5.16 Å². The highest BCUT2D eigenvalue weighted by Crippen LogP contribution is 2.25. The van der Waals surface area contributed by atoms with Gasteiger partial charge in [-0.3, -0.25) is 4.79 Å². The van der Waals surface area contributed by atoms with E-state index >= 15 is 0 Å². The van der Waals surface area contributed by atoms with Crippen LogP contribution in [0, 0.1) is 0 Å².